The molecule has 0 aliphatic heterocycles. The third-order valence-corrected chi connectivity index (χ3v) is 3.66. The molecule has 0 atom stereocenters. The van der Waals surface area contributed by atoms with Gasteiger partial charge in [-0.2, -0.15) is 0 Å². The number of carbonyl (C=O) groups is 2. The third-order valence-electron chi connectivity index (χ3n) is 3.22. The fraction of sp³-hybridized carbons (Fsp3) is 0.556. The molecule has 0 radical (unpaired) electrons. The molecule has 2 heterocycles. The standard InChI is InChI=1S/C18H25BrN4O4/c1-8-22(15(24)26-17(2,3)4)14-12-9-11(19)10-20-13(12)23(21-14)16(25)27-18(5,6)7/h9-10H,8H2,1-7H3. The molecule has 0 aromatic carbocycles. The van der Waals surface area contributed by atoms with Gasteiger partial charge in [0.1, 0.15) is 11.2 Å². The fourth-order valence-corrected chi connectivity index (χ4v) is 2.61. The van der Waals surface area contributed by atoms with Crippen molar-refractivity contribution in [1.29, 1.82) is 0 Å². The number of anilines is 1. The summed E-state index contributed by atoms with van der Waals surface area (Å²) in [5.41, 5.74) is -1.06. The van der Waals surface area contributed by atoms with Gasteiger partial charge in [-0.05, 0) is 70.5 Å². The fourth-order valence-electron chi connectivity index (χ4n) is 2.28. The number of hydrogen-bond acceptors (Lipinski definition) is 6. The summed E-state index contributed by atoms with van der Waals surface area (Å²) in [4.78, 5) is 30.8. The van der Waals surface area contributed by atoms with Gasteiger partial charge in [-0.3, -0.25) is 4.90 Å². The van der Waals surface area contributed by atoms with Crippen LogP contribution in [0, 0.1) is 0 Å². The van der Waals surface area contributed by atoms with Gasteiger partial charge in [0.2, 0.25) is 0 Å². The van der Waals surface area contributed by atoms with Crippen LogP contribution < -0.4 is 4.90 Å². The Labute approximate surface area is 166 Å². The van der Waals surface area contributed by atoms with E-state index in [9.17, 15) is 9.59 Å². The molecule has 9 heteroatoms. The summed E-state index contributed by atoms with van der Waals surface area (Å²) in [6, 6.07) is 1.75. The lowest BCUT2D eigenvalue weighted by Crippen LogP contribution is -2.37. The average molecular weight is 441 g/mol. The van der Waals surface area contributed by atoms with E-state index >= 15 is 0 Å². The predicted molar refractivity (Wildman–Crippen MR) is 106 cm³/mol. The monoisotopic (exact) mass is 440 g/mol. The summed E-state index contributed by atoms with van der Waals surface area (Å²) in [7, 11) is 0. The summed E-state index contributed by atoms with van der Waals surface area (Å²) in [6.45, 7) is 12.8. The summed E-state index contributed by atoms with van der Waals surface area (Å²) < 4.78 is 12.6. The highest BCUT2D eigenvalue weighted by Gasteiger charge is 2.29. The Morgan fingerprint density at radius 1 is 1.15 bits per heavy atom. The molecule has 0 saturated heterocycles. The van der Waals surface area contributed by atoms with E-state index in [1.54, 1.807) is 60.7 Å². The lowest BCUT2D eigenvalue weighted by Gasteiger charge is -2.25. The number of pyridine rings is 1. The molecule has 0 unspecified atom stereocenters. The van der Waals surface area contributed by atoms with Gasteiger partial charge in [0.05, 0.1) is 5.39 Å². The lowest BCUT2D eigenvalue weighted by atomic mass is 10.2. The number of fused-ring (bicyclic) bond motifs is 1. The van der Waals surface area contributed by atoms with Crippen LogP contribution in [0.3, 0.4) is 0 Å². The van der Waals surface area contributed by atoms with E-state index in [0.29, 0.717) is 22.1 Å². The molecule has 0 spiro atoms. The molecule has 0 saturated carbocycles. The summed E-state index contributed by atoms with van der Waals surface area (Å²) in [5, 5.41) is 4.85. The van der Waals surface area contributed by atoms with E-state index in [1.165, 1.54) is 4.90 Å². The van der Waals surface area contributed by atoms with Crippen LogP contribution in [-0.4, -0.2) is 44.7 Å². The predicted octanol–water partition coefficient (Wildman–Crippen LogP) is 4.74. The Balaban J connectivity index is 2.57. The van der Waals surface area contributed by atoms with E-state index in [2.05, 4.69) is 26.0 Å². The third kappa shape index (κ3) is 5.18. The smallest absolute Gasteiger partial charge is 0.437 e. The number of nitrogens with zero attached hydrogens (tertiary/aromatic N) is 4. The number of amides is 1. The van der Waals surface area contributed by atoms with E-state index in [-0.39, 0.29) is 5.82 Å². The Kier molecular flexibility index (Phi) is 5.84. The van der Waals surface area contributed by atoms with Gasteiger partial charge in [-0.25, -0.2) is 14.6 Å². The van der Waals surface area contributed by atoms with Crippen molar-refractivity contribution in [2.45, 2.75) is 59.7 Å². The topological polar surface area (TPSA) is 86.6 Å². The Hall–Kier alpha value is -2.16. The SMILES string of the molecule is CCN(C(=O)OC(C)(C)C)c1nn(C(=O)OC(C)(C)C)c2ncc(Br)cc12. The molecule has 27 heavy (non-hydrogen) atoms. The second kappa shape index (κ2) is 7.46. The van der Waals surface area contributed by atoms with Gasteiger partial charge in [0, 0.05) is 17.2 Å². The molecule has 2 aromatic heterocycles. The van der Waals surface area contributed by atoms with E-state index in [1.807, 2.05) is 0 Å². The molecular weight excluding hydrogens is 416 g/mol. The summed E-state index contributed by atoms with van der Waals surface area (Å²) in [6.07, 6.45) is 0.327. The Morgan fingerprint density at radius 3 is 2.26 bits per heavy atom. The van der Waals surface area contributed by atoms with Crippen molar-refractivity contribution in [2.24, 2.45) is 0 Å². The number of hydrogen-bond donors (Lipinski definition) is 0. The number of rotatable bonds is 2. The molecule has 148 valence electrons. The van der Waals surface area contributed by atoms with Gasteiger partial charge >= 0.3 is 12.2 Å². The highest BCUT2D eigenvalue weighted by molar-refractivity contribution is 9.10. The number of ether oxygens (including phenoxy) is 2. The molecule has 0 aliphatic carbocycles. The second-order valence-electron chi connectivity index (χ2n) is 7.97. The second-order valence-corrected chi connectivity index (χ2v) is 8.88. The maximum Gasteiger partial charge on any atom is 0.437 e. The summed E-state index contributed by atoms with van der Waals surface area (Å²) >= 11 is 3.37. The van der Waals surface area contributed by atoms with Crippen molar-refractivity contribution in [1.82, 2.24) is 14.8 Å². The minimum atomic E-state index is -0.694. The van der Waals surface area contributed by atoms with Crippen LogP contribution >= 0.6 is 15.9 Å². The molecule has 1 amide bonds. The van der Waals surface area contributed by atoms with Crippen molar-refractivity contribution < 1.29 is 19.1 Å². The van der Waals surface area contributed by atoms with Crippen LogP contribution in [0.4, 0.5) is 15.4 Å². The highest BCUT2D eigenvalue weighted by Crippen LogP contribution is 2.29. The molecular formula is C18H25BrN4O4. The minimum Gasteiger partial charge on any atom is -0.443 e. The quantitative estimate of drug-likeness (QED) is 0.669. The van der Waals surface area contributed by atoms with Crippen LogP contribution in [0.25, 0.3) is 11.0 Å². The van der Waals surface area contributed by atoms with E-state index in [0.717, 1.165) is 4.68 Å². The first-order chi connectivity index (χ1) is 12.3. The Bertz CT molecular complexity index is 865. The zero-order chi connectivity index (χ0) is 20.6. The van der Waals surface area contributed by atoms with Gasteiger partial charge in [-0.1, -0.05) is 0 Å². The first kappa shape index (κ1) is 21.1. The molecule has 2 rings (SSSR count). The zero-order valence-electron chi connectivity index (χ0n) is 16.7. The first-order valence-corrected chi connectivity index (χ1v) is 9.40. The van der Waals surface area contributed by atoms with E-state index < -0.39 is 23.4 Å². The van der Waals surface area contributed by atoms with Crippen molar-refractivity contribution in [2.75, 3.05) is 11.4 Å². The molecule has 8 nitrogen and oxygen atoms in total. The van der Waals surface area contributed by atoms with E-state index in [4.69, 9.17) is 9.47 Å². The first-order valence-electron chi connectivity index (χ1n) is 8.60. The molecule has 0 N–H and O–H groups in total. The number of halogens is 1. The van der Waals surface area contributed by atoms with Crippen LogP contribution in [0.1, 0.15) is 48.5 Å². The van der Waals surface area contributed by atoms with Crippen molar-refractivity contribution in [3.8, 4) is 0 Å². The number of aromatic nitrogens is 3. The van der Waals surface area contributed by atoms with Crippen LogP contribution in [0.15, 0.2) is 16.7 Å². The maximum atomic E-state index is 12.6. The van der Waals surface area contributed by atoms with Crippen LogP contribution in [0.2, 0.25) is 0 Å². The van der Waals surface area contributed by atoms with Crippen molar-refractivity contribution >= 4 is 45.0 Å². The average Bonchev–Trinajstić information content (AvgIpc) is 2.83. The van der Waals surface area contributed by atoms with Crippen LogP contribution in [0.5, 0.6) is 0 Å². The van der Waals surface area contributed by atoms with Crippen molar-refractivity contribution in [3.63, 3.8) is 0 Å². The van der Waals surface area contributed by atoms with Crippen molar-refractivity contribution in [3.05, 3.63) is 16.7 Å². The van der Waals surface area contributed by atoms with Crippen LogP contribution in [-0.2, 0) is 9.47 Å². The van der Waals surface area contributed by atoms with Gasteiger partial charge < -0.3 is 9.47 Å². The minimum absolute atomic E-state index is 0.279. The molecule has 2 aromatic rings. The summed E-state index contributed by atoms with van der Waals surface area (Å²) in [5.74, 6) is 0.279. The van der Waals surface area contributed by atoms with Gasteiger partial charge in [-0.15, -0.1) is 9.78 Å². The molecule has 0 bridgehead atoms. The van der Waals surface area contributed by atoms with Gasteiger partial charge in [0.15, 0.2) is 11.5 Å². The van der Waals surface area contributed by atoms with Gasteiger partial charge in [0.25, 0.3) is 0 Å². The maximum absolute atomic E-state index is 12.6. The molecule has 0 fully saturated rings. The normalized spacial score (nSPS) is 12.1. The lowest BCUT2D eigenvalue weighted by molar-refractivity contribution is 0.0514. The molecule has 0 aliphatic rings. The number of carbonyl (C=O) groups excluding carboxylic acids is 2. The highest BCUT2D eigenvalue weighted by atomic mass is 79.9. The largest absolute Gasteiger partial charge is 0.443 e. The Morgan fingerprint density at radius 2 is 1.74 bits per heavy atom. The zero-order valence-corrected chi connectivity index (χ0v) is 18.2.